The highest BCUT2D eigenvalue weighted by Crippen LogP contribution is 2.68. The molecule has 226 valence electrons. The Labute approximate surface area is 260 Å². The van der Waals surface area contributed by atoms with Crippen molar-refractivity contribution in [2.45, 2.75) is 72.9 Å². The second-order valence-corrected chi connectivity index (χ2v) is 14.1. The van der Waals surface area contributed by atoms with E-state index >= 15 is 0 Å². The zero-order valence-corrected chi connectivity index (χ0v) is 26.5. The van der Waals surface area contributed by atoms with Gasteiger partial charge in [-0.15, -0.1) is 11.8 Å². The molecule has 0 aliphatic carbocycles. The number of ether oxygens (including phenoxy) is 1. The summed E-state index contributed by atoms with van der Waals surface area (Å²) in [5.41, 5.74) is 1.60. The molecule has 3 aliphatic heterocycles. The molecule has 0 radical (unpaired) electrons. The zero-order chi connectivity index (χ0) is 29.9. The van der Waals surface area contributed by atoms with Crippen LogP contribution in [0.15, 0.2) is 54.6 Å². The summed E-state index contributed by atoms with van der Waals surface area (Å²) in [7, 11) is 0. The van der Waals surface area contributed by atoms with E-state index in [1.165, 1.54) is 0 Å². The lowest BCUT2D eigenvalue weighted by Gasteiger charge is -2.37. The molecule has 5 rings (SSSR count). The Kier molecular flexibility index (Phi) is 9.84. The highest BCUT2D eigenvalue weighted by molar-refractivity contribution is 9.09. The third kappa shape index (κ3) is 5.82. The van der Waals surface area contributed by atoms with Crippen molar-refractivity contribution in [3.05, 3.63) is 60.2 Å². The van der Waals surface area contributed by atoms with Gasteiger partial charge in [-0.3, -0.25) is 14.4 Å². The van der Waals surface area contributed by atoms with Crippen molar-refractivity contribution in [1.29, 1.82) is 0 Å². The maximum Gasteiger partial charge on any atom is 0.244 e. The number of fused-ring (bicyclic) bond motifs is 1. The van der Waals surface area contributed by atoms with Gasteiger partial charge in [-0.25, -0.2) is 0 Å². The number of amides is 3. The number of rotatable bonds is 13. The first-order valence-corrected chi connectivity index (χ1v) is 16.7. The average molecular weight is 659 g/mol. The molecule has 1 spiro atoms. The number of unbranched alkanes of at least 4 members (excludes halogenated alkanes) is 2. The number of carbonyl (C=O) groups excluding carboxylic acids is 3. The van der Waals surface area contributed by atoms with Gasteiger partial charge in [0.15, 0.2) is 0 Å². The van der Waals surface area contributed by atoms with Gasteiger partial charge in [0.1, 0.15) is 11.8 Å². The van der Waals surface area contributed by atoms with Gasteiger partial charge in [-0.05, 0) is 56.0 Å². The maximum absolute atomic E-state index is 14.5. The van der Waals surface area contributed by atoms with Crippen LogP contribution in [0.4, 0.5) is 5.69 Å². The molecule has 2 aromatic carbocycles. The number of thioether (sulfide) groups is 1. The van der Waals surface area contributed by atoms with Gasteiger partial charge >= 0.3 is 0 Å². The van der Waals surface area contributed by atoms with Crippen molar-refractivity contribution in [2.24, 2.45) is 11.8 Å². The Hall–Kier alpha value is -2.56. The standard InChI is InChI=1S/C32H40BrN3O5S/c1-3-5-9-16-34-30(39)28-32-18-24(33)27(42-32)25(29(38)35-21-12-14-23(15-13-21)41-4-2)26(32)31(40)36(28)22(19-37)17-20-10-7-6-8-11-20/h6-8,10-15,22,24-28,37H,3-5,9,16-19H2,1-2H3,(H,34,39)(H,35,38)/t22-,24?,25+,26+,27+,28?,32?/m1/s1. The van der Waals surface area contributed by atoms with Gasteiger partial charge in [0.25, 0.3) is 0 Å². The Morgan fingerprint density at radius 3 is 2.52 bits per heavy atom. The highest BCUT2D eigenvalue weighted by atomic mass is 79.9. The van der Waals surface area contributed by atoms with Crippen molar-refractivity contribution in [3.8, 4) is 5.75 Å². The normalized spacial score (nSPS) is 28.4. The zero-order valence-electron chi connectivity index (χ0n) is 24.1. The van der Waals surface area contributed by atoms with Gasteiger partial charge in [0.2, 0.25) is 17.7 Å². The van der Waals surface area contributed by atoms with Gasteiger partial charge < -0.3 is 25.4 Å². The van der Waals surface area contributed by atoms with E-state index in [0.717, 1.165) is 24.8 Å². The topological polar surface area (TPSA) is 108 Å². The fourth-order valence-electron chi connectivity index (χ4n) is 6.91. The Bertz CT molecular complexity index is 1260. The molecule has 8 nitrogen and oxygen atoms in total. The summed E-state index contributed by atoms with van der Waals surface area (Å²) in [6, 6.07) is 15.5. The van der Waals surface area contributed by atoms with E-state index in [-0.39, 0.29) is 34.4 Å². The number of nitrogens with one attached hydrogen (secondary N) is 2. The monoisotopic (exact) mass is 657 g/mol. The van der Waals surface area contributed by atoms with E-state index in [2.05, 4.69) is 33.5 Å². The second kappa shape index (κ2) is 13.4. The second-order valence-electron chi connectivity index (χ2n) is 11.4. The summed E-state index contributed by atoms with van der Waals surface area (Å²) in [5.74, 6) is -1.22. The van der Waals surface area contributed by atoms with Crippen molar-refractivity contribution >= 4 is 51.1 Å². The Balaban J connectivity index is 1.46. The predicted molar refractivity (Wildman–Crippen MR) is 169 cm³/mol. The van der Waals surface area contributed by atoms with Crippen LogP contribution in [0.2, 0.25) is 0 Å². The van der Waals surface area contributed by atoms with Crippen molar-refractivity contribution < 1.29 is 24.2 Å². The number of carbonyl (C=O) groups is 3. The molecule has 0 saturated carbocycles. The van der Waals surface area contributed by atoms with Crippen LogP contribution in [0.25, 0.3) is 0 Å². The van der Waals surface area contributed by atoms with E-state index in [4.69, 9.17) is 4.74 Å². The summed E-state index contributed by atoms with van der Waals surface area (Å²) >= 11 is 5.42. The first-order chi connectivity index (χ1) is 20.3. The Morgan fingerprint density at radius 2 is 1.86 bits per heavy atom. The number of nitrogens with zero attached hydrogens (tertiary/aromatic N) is 1. The number of anilines is 1. The van der Waals surface area contributed by atoms with Gasteiger partial charge in [0, 0.05) is 22.3 Å². The van der Waals surface area contributed by atoms with Crippen LogP contribution in [0.5, 0.6) is 5.75 Å². The molecule has 42 heavy (non-hydrogen) atoms. The van der Waals surface area contributed by atoms with E-state index in [0.29, 0.717) is 37.4 Å². The van der Waals surface area contributed by atoms with Gasteiger partial charge in [0.05, 0.1) is 35.8 Å². The van der Waals surface area contributed by atoms with E-state index in [1.807, 2.05) is 37.3 Å². The minimum Gasteiger partial charge on any atom is -0.494 e. The predicted octanol–water partition coefficient (Wildman–Crippen LogP) is 4.40. The number of benzene rings is 2. The van der Waals surface area contributed by atoms with Crippen LogP contribution in [-0.2, 0) is 20.8 Å². The highest BCUT2D eigenvalue weighted by Gasteiger charge is 2.76. The number of hydrogen-bond acceptors (Lipinski definition) is 6. The van der Waals surface area contributed by atoms with Crippen LogP contribution in [-0.4, -0.2) is 74.4 Å². The van der Waals surface area contributed by atoms with Gasteiger partial charge in [-0.1, -0.05) is 66.0 Å². The van der Waals surface area contributed by atoms with Crippen LogP contribution in [0, 0.1) is 11.8 Å². The van der Waals surface area contributed by atoms with Crippen LogP contribution in [0.3, 0.4) is 0 Å². The number of hydrogen-bond donors (Lipinski definition) is 3. The average Bonchev–Trinajstić information content (AvgIpc) is 3.59. The Morgan fingerprint density at radius 1 is 1.12 bits per heavy atom. The molecule has 2 aromatic rings. The fourth-order valence-corrected chi connectivity index (χ4v) is 10.5. The molecule has 3 saturated heterocycles. The minimum atomic E-state index is -0.782. The third-order valence-corrected chi connectivity index (χ3v) is 11.9. The molecule has 3 unspecified atom stereocenters. The number of aliphatic hydroxyl groups excluding tert-OH is 1. The quantitative estimate of drug-likeness (QED) is 0.218. The summed E-state index contributed by atoms with van der Waals surface area (Å²) in [5, 5.41) is 16.6. The molecule has 3 aliphatic rings. The molecule has 0 aromatic heterocycles. The number of alkyl halides is 1. The molecule has 3 amide bonds. The number of aliphatic hydroxyl groups is 1. The maximum atomic E-state index is 14.5. The lowest BCUT2D eigenvalue weighted by molar-refractivity contribution is -0.142. The van der Waals surface area contributed by atoms with Gasteiger partial charge in [-0.2, -0.15) is 0 Å². The molecular formula is C32H40BrN3O5S. The molecule has 3 fully saturated rings. The van der Waals surface area contributed by atoms with E-state index in [1.54, 1.807) is 40.9 Å². The van der Waals surface area contributed by atoms with Crippen LogP contribution >= 0.6 is 27.7 Å². The lowest BCUT2D eigenvalue weighted by Crippen LogP contribution is -2.57. The summed E-state index contributed by atoms with van der Waals surface area (Å²) in [4.78, 5) is 43.9. The molecule has 10 heteroatoms. The van der Waals surface area contributed by atoms with E-state index < -0.39 is 28.7 Å². The third-order valence-electron chi connectivity index (χ3n) is 8.71. The number of likely N-dealkylation sites (tertiary alicyclic amines) is 1. The largest absolute Gasteiger partial charge is 0.494 e. The molecule has 2 bridgehead atoms. The first-order valence-electron chi connectivity index (χ1n) is 14.9. The van der Waals surface area contributed by atoms with E-state index in [9.17, 15) is 19.5 Å². The van der Waals surface area contributed by atoms with Crippen LogP contribution < -0.4 is 15.4 Å². The number of halogens is 1. The summed E-state index contributed by atoms with van der Waals surface area (Å²) in [6.45, 7) is 4.82. The molecular weight excluding hydrogens is 618 g/mol. The molecule has 3 N–H and O–H groups in total. The summed E-state index contributed by atoms with van der Waals surface area (Å²) < 4.78 is 4.75. The van der Waals surface area contributed by atoms with Crippen molar-refractivity contribution in [3.63, 3.8) is 0 Å². The lowest BCUT2D eigenvalue weighted by atomic mass is 9.70. The SMILES string of the molecule is CCCCCNC(=O)C1N([C@@H](CO)Cc2ccccc2)C(=O)[C@@H]2[C@H](C(=O)Nc3ccc(OCC)cc3)[C@H]3SC12CC3Br. The smallest absolute Gasteiger partial charge is 0.244 e. The fraction of sp³-hybridized carbons (Fsp3) is 0.531. The van der Waals surface area contributed by atoms with Crippen molar-refractivity contribution in [1.82, 2.24) is 10.2 Å². The molecule has 3 heterocycles. The summed E-state index contributed by atoms with van der Waals surface area (Å²) in [6.07, 6.45) is 3.91. The first kappa shape index (κ1) is 30.9. The minimum absolute atomic E-state index is 0.0281. The van der Waals surface area contributed by atoms with Crippen LogP contribution in [0.1, 0.15) is 45.1 Å². The molecule has 7 atom stereocenters. The van der Waals surface area contributed by atoms with Crippen molar-refractivity contribution in [2.75, 3.05) is 25.1 Å².